The van der Waals surface area contributed by atoms with Crippen molar-refractivity contribution in [3.63, 3.8) is 0 Å². The molecular formula is C26H30N6O3S. The van der Waals surface area contributed by atoms with E-state index in [0.717, 1.165) is 53.6 Å². The Morgan fingerprint density at radius 3 is 2.81 bits per heavy atom. The molecule has 5 heterocycles. The van der Waals surface area contributed by atoms with Crippen molar-refractivity contribution in [1.82, 2.24) is 20.3 Å². The van der Waals surface area contributed by atoms with Gasteiger partial charge in [-0.05, 0) is 31.2 Å². The fourth-order valence-corrected chi connectivity index (χ4v) is 6.04. The number of fused-ring (bicyclic) bond motifs is 1. The maximum atomic E-state index is 12.2. The number of morpholine rings is 2. The van der Waals surface area contributed by atoms with Gasteiger partial charge in [-0.25, -0.2) is 4.98 Å². The van der Waals surface area contributed by atoms with Crippen LogP contribution in [0.3, 0.4) is 0 Å². The highest BCUT2D eigenvalue weighted by molar-refractivity contribution is 8.00. The zero-order chi connectivity index (χ0) is 24.7. The Hall–Kier alpha value is -2.95. The molecule has 1 spiro atoms. The number of nitrogens with zero attached hydrogens (tertiary/aromatic N) is 5. The summed E-state index contributed by atoms with van der Waals surface area (Å²) in [6.45, 7) is 6.48. The highest BCUT2D eigenvalue weighted by Gasteiger charge is 2.43. The smallest absolute Gasteiger partial charge is 0.251 e. The first-order valence-corrected chi connectivity index (χ1v) is 13.5. The Morgan fingerprint density at radius 2 is 2.03 bits per heavy atom. The number of pyridine rings is 1. The first kappa shape index (κ1) is 23.4. The second-order valence-electron chi connectivity index (χ2n) is 9.64. The molecule has 1 N–H and O–H groups in total. The van der Waals surface area contributed by atoms with Crippen LogP contribution in [0.4, 0.5) is 11.8 Å². The molecule has 0 aliphatic carbocycles. The first-order valence-electron chi connectivity index (χ1n) is 12.4. The molecule has 10 heteroatoms. The van der Waals surface area contributed by atoms with Gasteiger partial charge in [-0.2, -0.15) is 21.7 Å². The van der Waals surface area contributed by atoms with E-state index in [-0.39, 0.29) is 17.6 Å². The number of aromatic nitrogens is 3. The average Bonchev–Trinajstić information content (AvgIpc) is 2.91. The molecule has 3 aromatic rings. The summed E-state index contributed by atoms with van der Waals surface area (Å²) in [6, 6.07) is 11.7. The van der Waals surface area contributed by atoms with Gasteiger partial charge in [0.15, 0.2) is 5.65 Å². The van der Waals surface area contributed by atoms with Gasteiger partial charge in [-0.3, -0.25) is 4.79 Å². The summed E-state index contributed by atoms with van der Waals surface area (Å²) in [7, 11) is 1.63. The zero-order valence-corrected chi connectivity index (χ0v) is 21.4. The third-order valence-electron chi connectivity index (χ3n) is 7.08. The van der Waals surface area contributed by atoms with E-state index in [0.29, 0.717) is 37.0 Å². The normalized spacial score (nSPS) is 21.4. The van der Waals surface area contributed by atoms with E-state index < -0.39 is 0 Å². The van der Waals surface area contributed by atoms with Gasteiger partial charge in [0.2, 0.25) is 5.95 Å². The lowest BCUT2D eigenvalue weighted by atomic mass is 10.1. The van der Waals surface area contributed by atoms with E-state index in [1.807, 2.05) is 36.0 Å². The number of anilines is 2. The molecule has 3 aliphatic heterocycles. The minimum atomic E-state index is -0.124. The maximum Gasteiger partial charge on any atom is 0.251 e. The van der Waals surface area contributed by atoms with Crippen molar-refractivity contribution in [2.75, 3.05) is 67.8 Å². The summed E-state index contributed by atoms with van der Waals surface area (Å²) in [4.78, 5) is 31.8. The first-order chi connectivity index (χ1) is 17.5. The summed E-state index contributed by atoms with van der Waals surface area (Å²) in [5.41, 5.74) is 2.80. The van der Waals surface area contributed by atoms with Crippen LogP contribution >= 0.6 is 11.8 Å². The number of nitrogens with one attached hydrogen (secondary N) is 1. The van der Waals surface area contributed by atoms with Crippen LogP contribution in [-0.4, -0.2) is 90.5 Å². The molecule has 1 amide bonds. The fourth-order valence-electron chi connectivity index (χ4n) is 5.03. The minimum absolute atomic E-state index is 0.0940. The zero-order valence-electron chi connectivity index (χ0n) is 20.6. The molecule has 1 aromatic carbocycles. The lowest BCUT2D eigenvalue weighted by Crippen LogP contribution is -2.59. The molecule has 0 bridgehead atoms. The van der Waals surface area contributed by atoms with E-state index in [1.165, 1.54) is 0 Å². The van der Waals surface area contributed by atoms with E-state index >= 15 is 0 Å². The van der Waals surface area contributed by atoms with Crippen LogP contribution in [0.1, 0.15) is 17.3 Å². The van der Waals surface area contributed by atoms with Crippen molar-refractivity contribution < 1.29 is 14.3 Å². The Balaban J connectivity index is 1.44. The summed E-state index contributed by atoms with van der Waals surface area (Å²) in [5.74, 6) is 3.48. The molecule has 3 aliphatic rings. The van der Waals surface area contributed by atoms with Crippen LogP contribution in [0, 0.1) is 0 Å². The van der Waals surface area contributed by atoms with Crippen LogP contribution in [0.25, 0.3) is 22.3 Å². The van der Waals surface area contributed by atoms with Gasteiger partial charge >= 0.3 is 0 Å². The molecule has 3 fully saturated rings. The monoisotopic (exact) mass is 506 g/mol. The van der Waals surface area contributed by atoms with Crippen molar-refractivity contribution in [2.45, 2.75) is 18.6 Å². The van der Waals surface area contributed by atoms with Crippen LogP contribution in [-0.2, 0) is 9.47 Å². The van der Waals surface area contributed by atoms with Gasteiger partial charge in [0, 0.05) is 42.8 Å². The van der Waals surface area contributed by atoms with Gasteiger partial charge in [0.05, 0.1) is 43.5 Å². The van der Waals surface area contributed by atoms with Crippen molar-refractivity contribution in [1.29, 1.82) is 0 Å². The van der Waals surface area contributed by atoms with Gasteiger partial charge in [-0.1, -0.05) is 12.1 Å². The second-order valence-corrected chi connectivity index (χ2v) is 10.6. The maximum absolute atomic E-state index is 12.2. The molecule has 9 nitrogen and oxygen atoms in total. The summed E-state index contributed by atoms with van der Waals surface area (Å²) >= 11 is 1.92. The fraction of sp³-hybridized carbons (Fsp3) is 0.462. The molecule has 2 aromatic heterocycles. The van der Waals surface area contributed by atoms with Crippen molar-refractivity contribution >= 4 is 40.5 Å². The van der Waals surface area contributed by atoms with Crippen LogP contribution in [0.2, 0.25) is 0 Å². The average molecular weight is 507 g/mol. The highest BCUT2D eigenvalue weighted by atomic mass is 32.2. The molecule has 188 valence electrons. The Labute approximate surface area is 214 Å². The molecule has 0 saturated carbocycles. The summed E-state index contributed by atoms with van der Waals surface area (Å²) in [5, 5.41) is 3.60. The number of ether oxygens (including phenoxy) is 2. The Bertz CT molecular complexity index is 1300. The number of rotatable bonds is 4. The quantitative estimate of drug-likeness (QED) is 0.573. The number of thioether (sulfide) groups is 1. The SMILES string of the molecule is CNC(=O)c1cccc(-c2ccc3c(N4CCOC[C@@H]4C)nc(N4CCOC5(CSC5)C4)nc3n2)c1. The van der Waals surface area contributed by atoms with E-state index in [2.05, 4.69) is 28.1 Å². The van der Waals surface area contributed by atoms with Crippen molar-refractivity contribution in [3.8, 4) is 11.3 Å². The minimum Gasteiger partial charge on any atom is -0.377 e. The Morgan fingerprint density at radius 1 is 1.14 bits per heavy atom. The van der Waals surface area contributed by atoms with Crippen molar-refractivity contribution in [3.05, 3.63) is 42.0 Å². The summed E-state index contributed by atoms with van der Waals surface area (Å²) in [6.07, 6.45) is 0. The molecule has 0 unspecified atom stereocenters. The molecular weight excluding hydrogens is 476 g/mol. The van der Waals surface area contributed by atoms with E-state index in [9.17, 15) is 4.79 Å². The van der Waals surface area contributed by atoms with Crippen LogP contribution in [0.5, 0.6) is 0 Å². The standard InChI is InChI=1S/C26H30N6O3S/c1-17-13-34-10-9-32(17)23-20-6-7-21(18-4-3-5-19(12-18)24(33)27-2)28-22(20)29-25(30-23)31-8-11-35-26(14-31)15-36-16-26/h3-7,12,17H,8-11,13-16H2,1-2H3,(H,27,33)/t17-/m0/s1. The predicted molar refractivity (Wildman–Crippen MR) is 142 cm³/mol. The lowest BCUT2D eigenvalue weighted by Gasteiger charge is -2.47. The number of carbonyl (C=O) groups is 1. The summed E-state index contributed by atoms with van der Waals surface area (Å²) < 4.78 is 11.8. The number of carbonyl (C=O) groups excluding carboxylic acids is 1. The van der Waals surface area contributed by atoms with Gasteiger partial charge in [0.1, 0.15) is 11.4 Å². The number of benzene rings is 1. The molecule has 1 atom stereocenters. The van der Waals surface area contributed by atoms with Gasteiger partial charge < -0.3 is 24.6 Å². The van der Waals surface area contributed by atoms with E-state index in [4.69, 9.17) is 24.4 Å². The topological polar surface area (TPSA) is 92.7 Å². The second kappa shape index (κ2) is 9.49. The predicted octanol–water partition coefficient (Wildman–Crippen LogP) is 2.60. The molecule has 36 heavy (non-hydrogen) atoms. The number of hydrogen-bond donors (Lipinski definition) is 1. The lowest BCUT2D eigenvalue weighted by molar-refractivity contribution is -0.0290. The highest BCUT2D eigenvalue weighted by Crippen LogP contribution is 2.37. The third-order valence-corrected chi connectivity index (χ3v) is 8.54. The number of amides is 1. The van der Waals surface area contributed by atoms with Crippen LogP contribution < -0.4 is 15.1 Å². The largest absolute Gasteiger partial charge is 0.377 e. The molecule has 0 radical (unpaired) electrons. The van der Waals surface area contributed by atoms with Gasteiger partial charge in [-0.15, -0.1) is 0 Å². The molecule has 3 saturated heterocycles. The molecule has 6 rings (SSSR count). The third kappa shape index (κ3) is 4.27. The Kier molecular flexibility index (Phi) is 6.18. The van der Waals surface area contributed by atoms with Crippen LogP contribution in [0.15, 0.2) is 36.4 Å². The number of hydrogen-bond acceptors (Lipinski definition) is 9. The van der Waals surface area contributed by atoms with E-state index in [1.54, 1.807) is 13.1 Å². The van der Waals surface area contributed by atoms with Crippen molar-refractivity contribution in [2.24, 2.45) is 0 Å². The van der Waals surface area contributed by atoms with Gasteiger partial charge in [0.25, 0.3) is 5.91 Å².